The molecule has 0 N–H and O–H groups in total. The maximum absolute atomic E-state index is 4.61. The lowest BCUT2D eigenvalue weighted by molar-refractivity contribution is 0.288. The lowest BCUT2D eigenvalue weighted by Gasteiger charge is -2.29. The first kappa shape index (κ1) is 12.4. The standard InChI is InChI=1S/C12H23N/c1-8-10(2)13-12(6,7)9-11(3,4)5/h8H,1,9H2,2-7H3. The molecule has 0 bridgehead atoms. The fraction of sp³-hybridized carbons (Fsp3) is 0.750. The number of hydrogen-bond acceptors (Lipinski definition) is 1. The molecule has 0 spiro atoms. The van der Waals surface area contributed by atoms with Gasteiger partial charge in [-0.1, -0.05) is 27.4 Å². The van der Waals surface area contributed by atoms with E-state index in [9.17, 15) is 0 Å². The molecule has 0 saturated carbocycles. The third-order valence-electron chi connectivity index (χ3n) is 1.74. The van der Waals surface area contributed by atoms with Crippen LogP contribution in [0.4, 0.5) is 0 Å². The Balaban J connectivity index is 4.50. The van der Waals surface area contributed by atoms with E-state index in [4.69, 9.17) is 0 Å². The molecule has 0 aromatic carbocycles. The number of rotatable bonds is 3. The van der Waals surface area contributed by atoms with Crippen LogP contribution in [0.1, 0.15) is 48.0 Å². The summed E-state index contributed by atoms with van der Waals surface area (Å²) in [4.78, 5) is 4.61. The molecule has 1 heteroatoms. The van der Waals surface area contributed by atoms with Crippen molar-refractivity contribution in [3.05, 3.63) is 12.7 Å². The SMILES string of the molecule is C=CC(C)=NC(C)(C)CC(C)(C)C. The summed E-state index contributed by atoms with van der Waals surface area (Å²) >= 11 is 0. The molecule has 0 amide bonds. The van der Waals surface area contributed by atoms with Gasteiger partial charge in [0, 0.05) is 5.71 Å². The maximum Gasteiger partial charge on any atom is 0.0560 e. The molecule has 0 heterocycles. The van der Waals surface area contributed by atoms with Crippen LogP contribution in [0.15, 0.2) is 17.6 Å². The highest BCUT2D eigenvalue weighted by Crippen LogP contribution is 2.29. The van der Waals surface area contributed by atoms with E-state index in [1.165, 1.54) is 0 Å². The Morgan fingerprint density at radius 2 is 1.69 bits per heavy atom. The second kappa shape index (κ2) is 4.08. The van der Waals surface area contributed by atoms with Gasteiger partial charge in [-0.15, -0.1) is 0 Å². The predicted octanol–water partition coefficient (Wildman–Crippen LogP) is 3.85. The van der Waals surface area contributed by atoms with Crippen molar-refractivity contribution in [1.29, 1.82) is 0 Å². The van der Waals surface area contributed by atoms with Crippen LogP contribution in [-0.2, 0) is 0 Å². The minimum absolute atomic E-state index is 0.0243. The summed E-state index contributed by atoms with van der Waals surface area (Å²) in [7, 11) is 0. The second-order valence-corrected chi connectivity index (χ2v) is 5.51. The molecule has 0 radical (unpaired) electrons. The molecule has 0 atom stereocenters. The van der Waals surface area contributed by atoms with E-state index < -0.39 is 0 Å². The Labute approximate surface area is 83.0 Å². The van der Waals surface area contributed by atoms with Gasteiger partial charge >= 0.3 is 0 Å². The molecule has 0 aliphatic carbocycles. The van der Waals surface area contributed by atoms with Gasteiger partial charge in [-0.3, -0.25) is 4.99 Å². The van der Waals surface area contributed by atoms with Crippen molar-refractivity contribution in [3.8, 4) is 0 Å². The zero-order chi connectivity index (χ0) is 10.7. The fourth-order valence-electron chi connectivity index (χ4n) is 1.86. The molecule has 76 valence electrons. The van der Waals surface area contributed by atoms with Crippen LogP contribution in [-0.4, -0.2) is 11.3 Å². The summed E-state index contributed by atoms with van der Waals surface area (Å²) in [6, 6.07) is 0. The summed E-state index contributed by atoms with van der Waals surface area (Å²) in [5, 5.41) is 0. The maximum atomic E-state index is 4.61. The first-order valence-corrected chi connectivity index (χ1v) is 4.85. The Bertz CT molecular complexity index is 204. The van der Waals surface area contributed by atoms with Crippen molar-refractivity contribution < 1.29 is 0 Å². The van der Waals surface area contributed by atoms with E-state index in [-0.39, 0.29) is 5.54 Å². The Kier molecular flexibility index (Phi) is 3.89. The van der Waals surface area contributed by atoms with Crippen LogP contribution in [0.2, 0.25) is 0 Å². The van der Waals surface area contributed by atoms with Gasteiger partial charge in [0.25, 0.3) is 0 Å². The topological polar surface area (TPSA) is 12.4 Å². The number of allylic oxidation sites excluding steroid dienone is 1. The third-order valence-corrected chi connectivity index (χ3v) is 1.74. The molecule has 0 aromatic rings. The van der Waals surface area contributed by atoms with Crippen LogP contribution in [0, 0.1) is 5.41 Å². The van der Waals surface area contributed by atoms with Crippen LogP contribution in [0.5, 0.6) is 0 Å². The van der Waals surface area contributed by atoms with Crippen molar-refractivity contribution in [2.24, 2.45) is 10.4 Å². The summed E-state index contributed by atoms with van der Waals surface area (Å²) in [5.74, 6) is 0. The van der Waals surface area contributed by atoms with Gasteiger partial charge in [-0.05, 0) is 38.7 Å². The van der Waals surface area contributed by atoms with Gasteiger partial charge in [0.05, 0.1) is 5.54 Å². The number of aliphatic imine (C=N–C) groups is 1. The smallest absolute Gasteiger partial charge is 0.0560 e. The molecule has 0 fully saturated rings. The first-order valence-electron chi connectivity index (χ1n) is 4.85. The van der Waals surface area contributed by atoms with Crippen LogP contribution >= 0.6 is 0 Å². The summed E-state index contributed by atoms with van der Waals surface area (Å²) in [6.45, 7) is 16.8. The highest BCUT2D eigenvalue weighted by atomic mass is 14.8. The van der Waals surface area contributed by atoms with Gasteiger partial charge < -0.3 is 0 Å². The molecular weight excluding hydrogens is 158 g/mol. The molecule has 0 unspecified atom stereocenters. The minimum atomic E-state index is 0.0243. The van der Waals surface area contributed by atoms with E-state index in [1.54, 1.807) is 0 Å². The zero-order valence-corrected chi connectivity index (χ0v) is 9.94. The molecule has 0 rings (SSSR count). The van der Waals surface area contributed by atoms with Crippen molar-refractivity contribution in [2.75, 3.05) is 0 Å². The lowest BCUT2D eigenvalue weighted by atomic mass is 9.82. The zero-order valence-electron chi connectivity index (χ0n) is 9.94. The highest BCUT2D eigenvalue weighted by molar-refractivity contribution is 5.92. The summed E-state index contributed by atoms with van der Waals surface area (Å²) < 4.78 is 0. The largest absolute Gasteiger partial charge is 0.284 e. The first-order chi connectivity index (χ1) is 5.66. The van der Waals surface area contributed by atoms with Crippen molar-refractivity contribution >= 4 is 5.71 Å². The molecule has 0 aliphatic rings. The van der Waals surface area contributed by atoms with Gasteiger partial charge in [0.2, 0.25) is 0 Å². The van der Waals surface area contributed by atoms with Crippen molar-refractivity contribution in [3.63, 3.8) is 0 Å². The lowest BCUT2D eigenvalue weighted by Crippen LogP contribution is -2.25. The van der Waals surface area contributed by atoms with Gasteiger partial charge in [0.1, 0.15) is 0 Å². The predicted molar refractivity (Wildman–Crippen MR) is 61.5 cm³/mol. The third kappa shape index (κ3) is 6.56. The van der Waals surface area contributed by atoms with Gasteiger partial charge in [0.15, 0.2) is 0 Å². The fourth-order valence-corrected chi connectivity index (χ4v) is 1.86. The monoisotopic (exact) mass is 181 g/mol. The van der Waals surface area contributed by atoms with Gasteiger partial charge in [-0.2, -0.15) is 0 Å². The second-order valence-electron chi connectivity index (χ2n) is 5.51. The molecule has 0 saturated heterocycles. The van der Waals surface area contributed by atoms with E-state index in [0.717, 1.165) is 12.1 Å². The average molecular weight is 181 g/mol. The highest BCUT2D eigenvalue weighted by Gasteiger charge is 2.24. The van der Waals surface area contributed by atoms with Crippen molar-refractivity contribution in [2.45, 2.75) is 53.5 Å². The quantitative estimate of drug-likeness (QED) is 0.586. The normalized spacial score (nSPS) is 14.5. The average Bonchev–Trinajstić information content (AvgIpc) is 1.80. The van der Waals surface area contributed by atoms with E-state index >= 15 is 0 Å². The van der Waals surface area contributed by atoms with E-state index in [2.05, 4.69) is 46.2 Å². The summed E-state index contributed by atoms with van der Waals surface area (Å²) in [6.07, 6.45) is 2.90. The number of nitrogens with zero attached hydrogens (tertiary/aromatic N) is 1. The Morgan fingerprint density at radius 3 is 2.00 bits per heavy atom. The Morgan fingerprint density at radius 1 is 1.23 bits per heavy atom. The van der Waals surface area contributed by atoms with Crippen LogP contribution in [0.3, 0.4) is 0 Å². The van der Waals surface area contributed by atoms with Crippen molar-refractivity contribution in [1.82, 2.24) is 0 Å². The van der Waals surface area contributed by atoms with Crippen LogP contribution < -0.4 is 0 Å². The molecular formula is C12H23N. The molecule has 0 aromatic heterocycles. The van der Waals surface area contributed by atoms with E-state index in [0.29, 0.717) is 5.41 Å². The van der Waals surface area contributed by atoms with Crippen LogP contribution in [0.25, 0.3) is 0 Å². The van der Waals surface area contributed by atoms with E-state index in [1.807, 2.05) is 13.0 Å². The number of hydrogen-bond donors (Lipinski definition) is 0. The molecule has 1 nitrogen and oxygen atoms in total. The molecule has 0 aliphatic heterocycles. The van der Waals surface area contributed by atoms with Gasteiger partial charge in [-0.25, -0.2) is 0 Å². The molecule has 13 heavy (non-hydrogen) atoms. The summed E-state index contributed by atoms with van der Waals surface area (Å²) in [5.41, 5.74) is 1.37. The Hall–Kier alpha value is -0.590. The minimum Gasteiger partial charge on any atom is -0.284 e.